The minimum atomic E-state index is -0.452. The fourth-order valence-electron chi connectivity index (χ4n) is 1.92. The Labute approximate surface area is 124 Å². The summed E-state index contributed by atoms with van der Waals surface area (Å²) < 4.78 is 5.30. The summed E-state index contributed by atoms with van der Waals surface area (Å²) >= 11 is 5.88. The second-order valence-electron chi connectivity index (χ2n) is 6.06. The maximum absolute atomic E-state index is 11.8. The molecule has 0 bridgehead atoms. The molecule has 110 valence electrons. The summed E-state index contributed by atoms with van der Waals surface area (Å²) in [5.74, 6) is 0. The van der Waals surface area contributed by atoms with Gasteiger partial charge in [-0.2, -0.15) is 0 Å². The van der Waals surface area contributed by atoms with Gasteiger partial charge < -0.3 is 15.0 Å². The third kappa shape index (κ3) is 3.76. The molecule has 1 aliphatic rings. The van der Waals surface area contributed by atoms with Crippen LogP contribution in [0.2, 0.25) is 5.15 Å². The fraction of sp³-hybridized carbons (Fsp3) is 0.571. The predicted octanol–water partition coefficient (Wildman–Crippen LogP) is 3.07. The Kier molecular flexibility index (Phi) is 4.09. The van der Waals surface area contributed by atoms with Crippen molar-refractivity contribution < 1.29 is 9.53 Å². The number of nitrogens with one attached hydrogen (secondary N) is 1. The first-order chi connectivity index (χ1) is 9.24. The molecule has 0 radical (unpaired) electrons. The molecule has 1 aromatic heterocycles. The van der Waals surface area contributed by atoms with E-state index in [0.29, 0.717) is 18.2 Å². The van der Waals surface area contributed by atoms with E-state index in [-0.39, 0.29) is 12.1 Å². The van der Waals surface area contributed by atoms with Crippen molar-refractivity contribution in [3.63, 3.8) is 0 Å². The second kappa shape index (κ2) is 5.48. The van der Waals surface area contributed by atoms with Crippen LogP contribution in [0.15, 0.2) is 12.3 Å². The molecule has 1 aromatic rings. The SMILES string of the molecule is Cc1cc(NC2CN(C(=O)OC(C)(C)C)C2)cnc1Cl. The zero-order valence-electron chi connectivity index (χ0n) is 12.2. The highest BCUT2D eigenvalue weighted by Gasteiger charge is 2.33. The van der Waals surface area contributed by atoms with E-state index >= 15 is 0 Å². The van der Waals surface area contributed by atoms with Gasteiger partial charge in [0.2, 0.25) is 0 Å². The first kappa shape index (κ1) is 14.9. The van der Waals surface area contributed by atoms with Gasteiger partial charge in [0.25, 0.3) is 0 Å². The van der Waals surface area contributed by atoms with Gasteiger partial charge in [-0.15, -0.1) is 0 Å². The molecule has 20 heavy (non-hydrogen) atoms. The summed E-state index contributed by atoms with van der Waals surface area (Å²) in [5.41, 5.74) is 1.40. The highest BCUT2D eigenvalue weighted by atomic mass is 35.5. The van der Waals surface area contributed by atoms with E-state index in [4.69, 9.17) is 16.3 Å². The van der Waals surface area contributed by atoms with Gasteiger partial charge in [-0.3, -0.25) is 0 Å². The molecule has 2 rings (SSSR count). The topological polar surface area (TPSA) is 54.5 Å². The van der Waals surface area contributed by atoms with Crippen LogP contribution in [0.3, 0.4) is 0 Å². The summed E-state index contributed by atoms with van der Waals surface area (Å²) in [6.45, 7) is 8.77. The quantitative estimate of drug-likeness (QED) is 0.852. The van der Waals surface area contributed by atoms with E-state index < -0.39 is 5.60 Å². The molecule has 0 aliphatic carbocycles. The smallest absolute Gasteiger partial charge is 0.410 e. The number of rotatable bonds is 2. The molecule has 0 saturated carbocycles. The Morgan fingerprint density at radius 1 is 1.50 bits per heavy atom. The molecule has 6 heteroatoms. The lowest BCUT2D eigenvalue weighted by Crippen LogP contribution is -2.57. The molecule has 5 nitrogen and oxygen atoms in total. The van der Waals surface area contributed by atoms with Crippen LogP contribution in [-0.4, -0.2) is 40.7 Å². The molecule has 0 atom stereocenters. The Morgan fingerprint density at radius 2 is 2.15 bits per heavy atom. The van der Waals surface area contributed by atoms with Crippen LogP contribution in [0.4, 0.5) is 10.5 Å². The maximum Gasteiger partial charge on any atom is 0.410 e. The normalized spacial score (nSPS) is 15.8. The highest BCUT2D eigenvalue weighted by Crippen LogP contribution is 2.21. The van der Waals surface area contributed by atoms with E-state index in [9.17, 15) is 4.79 Å². The van der Waals surface area contributed by atoms with Crippen molar-refractivity contribution >= 4 is 23.4 Å². The average Bonchev–Trinajstić information content (AvgIpc) is 2.25. The van der Waals surface area contributed by atoms with Crippen LogP contribution < -0.4 is 5.32 Å². The molecule has 1 aliphatic heterocycles. The zero-order valence-corrected chi connectivity index (χ0v) is 13.0. The van der Waals surface area contributed by atoms with E-state index in [0.717, 1.165) is 11.3 Å². The van der Waals surface area contributed by atoms with E-state index in [1.807, 2.05) is 33.8 Å². The van der Waals surface area contributed by atoms with Crippen LogP contribution in [0.1, 0.15) is 26.3 Å². The molecule has 0 aromatic carbocycles. The van der Waals surface area contributed by atoms with Crippen molar-refractivity contribution in [3.8, 4) is 0 Å². The van der Waals surface area contributed by atoms with Crippen LogP contribution in [0.5, 0.6) is 0 Å². The molecular weight excluding hydrogens is 278 g/mol. The number of pyridine rings is 1. The van der Waals surface area contributed by atoms with Crippen LogP contribution in [0, 0.1) is 6.92 Å². The van der Waals surface area contributed by atoms with Crippen molar-refractivity contribution in [2.45, 2.75) is 39.3 Å². The zero-order chi connectivity index (χ0) is 14.9. The van der Waals surface area contributed by atoms with Crippen molar-refractivity contribution in [2.24, 2.45) is 0 Å². The summed E-state index contributed by atoms with van der Waals surface area (Å²) in [4.78, 5) is 17.6. The van der Waals surface area contributed by atoms with Crippen LogP contribution in [-0.2, 0) is 4.74 Å². The summed E-state index contributed by atoms with van der Waals surface area (Å²) in [5, 5.41) is 3.84. The molecule has 0 unspecified atom stereocenters. The fourth-order valence-corrected chi connectivity index (χ4v) is 2.02. The van der Waals surface area contributed by atoms with Gasteiger partial charge in [0.15, 0.2) is 0 Å². The van der Waals surface area contributed by atoms with Crippen molar-refractivity contribution in [1.29, 1.82) is 0 Å². The number of hydrogen-bond donors (Lipinski definition) is 1. The molecule has 1 fully saturated rings. The molecule has 2 heterocycles. The number of hydrogen-bond acceptors (Lipinski definition) is 4. The van der Waals surface area contributed by atoms with Crippen molar-refractivity contribution in [3.05, 3.63) is 23.0 Å². The highest BCUT2D eigenvalue weighted by molar-refractivity contribution is 6.30. The average molecular weight is 298 g/mol. The van der Waals surface area contributed by atoms with E-state index in [1.54, 1.807) is 11.1 Å². The van der Waals surface area contributed by atoms with Gasteiger partial charge in [-0.1, -0.05) is 11.6 Å². The summed E-state index contributed by atoms with van der Waals surface area (Å²) in [6, 6.07) is 2.18. The number of carbonyl (C=O) groups excluding carboxylic acids is 1. The minimum Gasteiger partial charge on any atom is -0.444 e. The Balaban J connectivity index is 1.82. The molecule has 0 spiro atoms. The lowest BCUT2D eigenvalue weighted by Gasteiger charge is -2.40. The third-order valence-electron chi connectivity index (χ3n) is 2.92. The lowest BCUT2D eigenvalue weighted by atomic mass is 10.1. The number of aromatic nitrogens is 1. The standard InChI is InChI=1S/C14H20ClN3O2/c1-9-5-10(6-16-12(9)15)17-11-7-18(8-11)13(19)20-14(2,3)4/h5-6,11,17H,7-8H2,1-4H3. The molecule has 1 amide bonds. The van der Waals surface area contributed by atoms with Gasteiger partial charge >= 0.3 is 6.09 Å². The number of halogens is 1. The van der Waals surface area contributed by atoms with Crippen LogP contribution >= 0.6 is 11.6 Å². The number of likely N-dealkylation sites (tertiary alicyclic amines) is 1. The summed E-state index contributed by atoms with van der Waals surface area (Å²) in [6.07, 6.45) is 1.44. The monoisotopic (exact) mass is 297 g/mol. The second-order valence-corrected chi connectivity index (χ2v) is 6.42. The van der Waals surface area contributed by atoms with Gasteiger partial charge in [-0.25, -0.2) is 9.78 Å². The van der Waals surface area contributed by atoms with Gasteiger partial charge in [0.05, 0.1) is 17.9 Å². The molecule has 1 saturated heterocycles. The first-order valence-electron chi connectivity index (χ1n) is 6.61. The van der Waals surface area contributed by atoms with Gasteiger partial charge in [0.1, 0.15) is 10.8 Å². The van der Waals surface area contributed by atoms with Gasteiger partial charge in [-0.05, 0) is 39.3 Å². The van der Waals surface area contributed by atoms with Crippen molar-refractivity contribution in [1.82, 2.24) is 9.88 Å². The Bertz CT molecular complexity index is 508. The minimum absolute atomic E-state index is 0.227. The number of aryl methyl sites for hydroxylation is 1. The Hall–Kier alpha value is -1.49. The number of nitrogens with zero attached hydrogens (tertiary/aromatic N) is 2. The number of anilines is 1. The number of amides is 1. The summed E-state index contributed by atoms with van der Waals surface area (Å²) in [7, 11) is 0. The number of carbonyl (C=O) groups is 1. The van der Waals surface area contributed by atoms with Gasteiger partial charge in [0, 0.05) is 13.1 Å². The largest absolute Gasteiger partial charge is 0.444 e. The molecular formula is C14H20ClN3O2. The maximum atomic E-state index is 11.8. The van der Waals surface area contributed by atoms with E-state index in [1.165, 1.54) is 0 Å². The number of ether oxygens (including phenoxy) is 1. The Morgan fingerprint density at radius 3 is 2.70 bits per heavy atom. The van der Waals surface area contributed by atoms with Crippen molar-refractivity contribution in [2.75, 3.05) is 18.4 Å². The van der Waals surface area contributed by atoms with Crippen LogP contribution in [0.25, 0.3) is 0 Å². The molecule has 1 N–H and O–H groups in total. The predicted molar refractivity (Wildman–Crippen MR) is 79.2 cm³/mol. The van der Waals surface area contributed by atoms with E-state index in [2.05, 4.69) is 10.3 Å². The first-order valence-corrected chi connectivity index (χ1v) is 6.99. The third-order valence-corrected chi connectivity index (χ3v) is 3.31. The lowest BCUT2D eigenvalue weighted by molar-refractivity contribution is 0.0105.